The highest BCUT2D eigenvalue weighted by molar-refractivity contribution is 6.10. The second-order valence-corrected chi connectivity index (χ2v) is 7.59. The van der Waals surface area contributed by atoms with E-state index in [4.69, 9.17) is 4.74 Å². The minimum atomic E-state index is -0.411. The molecule has 0 fully saturated rings. The second kappa shape index (κ2) is 9.48. The normalized spacial score (nSPS) is 10.7. The molecule has 7 nitrogen and oxygen atoms in total. The summed E-state index contributed by atoms with van der Waals surface area (Å²) < 4.78 is 7.05. The zero-order valence-electron chi connectivity index (χ0n) is 18.4. The third-order valence-corrected chi connectivity index (χ3v) is 5.19. The average molecular weight is 441 g/mol. The molecule has 0 bridgehead atoms. The van der Waals surface area contributed by atoms with Crippen LogP contribution in [0.1, 0.15) is 28.4 Å². The zero-order chi connectivity index (χ0) is 23.4. The number of ketones is 1. The summed E-state index contributed by atoms with van der Waals surface area (Å²) in [4.78, 5) is 42.9. The number of nitrogens with zero attached hydrogens (tertiary/aromatic N) is 2. The minimum absolute atomic E-state index is 0.00756. The fourth-order valence-electron chi connectivity index (χ4n) is 3.62. The average Bonchev–Trinajstić information content (AvgIpc) is 2.82. The first-order valence-electron chi connectivity index (χ1n) is 10.6. The SMILES string of the molecule is CCOc1ccc(NC(=O)Cn2cc(C(=O)c3ccncc3)c(=O)c3cc(C)ccc32)cc1. The molecule has 0 spiro atoms. The molecule has 166 valence electrons. The van der Waals surface area contributed by atoms with Gasteiger partial charge in [-0.05, 0) is 62.4 Å². The fraction of sp³-hybridized carbons (Fsp3) is 0.154. The Balaban J connectivity index is 1.69. The topological polar surface area (TPSA) is 90.3 Å². The summed E-state index contributed by atoms with van der Waals surface area (Å²) in [5.41, 5.74) is 2.10. The molecular weight excluding hydrogens is 418 g/mol. The number of benzene rings is 2. The number of ether oxygens (including phenoxy) is 1. The minimum Gasteiger partial charge on any atom is -0.494 e. The van der Waals surface area contributed by atoms with Gasteiger partial charge in [0.15, 0.2) is 5.78 Å². The summed E-state index contributed by atoms with van der Waals surface area (Å²) in [5, 5.41) is 3.24. The zero-order valence-corrected chi connectivity index (χ0v) is 18.4. The Bertz CT molecular complexity index is 1380. The lowest BCUT2D eigenvalue weighted by Gasteiger charge is -2.14. The van der Waals surface area contributed by atoms with Crippen LogP contribution in [0.2, 0.25) is 0 Å². The van der Waals surface area contributed by atoms with Crippen molar-refractivity contribution in [1.29, 1.82) is 0 Å². The number of carbonyl (C=O) groups is 2. The maximum Gasteiger partial charge on any atom is 0.244 e. The molecule has 2 heterocycles. The predicted molar refractivity (Wildman–Crippen MR) is 127 cm³/mol. The summed E-state index contributed by atoms with van der Waals surface area (Å²) in [6, 6.07) is 15.6. The molecule has 0 saturated carbocycles. The van der Waals surface area contributed by atoms with Gasteiger partial charge in [-0.3, -0.25) is 19.4 Å². The Kier molecular flexibility index (Phi) is 6.31. The van der Waals surface area contributed by atoms with Crippen molar-refractivity contribution in [3.63, 3.8) is 0 Å². The van der Waals surface area contributed by atoms with Crippen LogP contribution in [0.3, 0.4) is 0 Å². The summed E-state index contributed by atoms with van der Waals surface area (Å²) in [5.74, 6) is 0.0232. The van der Waals surface area contributed by atoms with Crippen LogP contribution in [0.25, 0.3) is 10.9 Å². The largest absolute Gasteiger partial charge is 0.494 e. The molecule has 33 heavy (non-hydrogen) atoms. The van der Waals surface area contributed by atoms with Gasteiger partial charge in [-0.25, -0.2) is 0 Å². The van der Waals surface area contributed by atoms with Crippen molar-refractivity contribution in [3.05, 3.63) is 100 Å². The predicted octanol–water partition coefficient (Wildman–Crippen LogP) is 3.97. The number of amides is 1. The van der Waals surface area contributed by atoms with Crippen LogP contribution in [-0.2, 0) is 11.3 Å². The van der Waals surface area contributed by atoms with E-state index >= 15 is 0 Å². The number of fused-ring (bicyclic) bond motifs is 1. The number of aromatic nitrogens is 2. The molecule has 0 aliphatic carbocycles. The van der Waals surface area contributed by atoms with E-state index < -0.39 is 5.78 Å². The van der Waals surface area contributed by atoms with Gasteiger partial charge < -0.3 is 14.6 Å². The highest BCUT2D eigenvalue weighted by atomic mass is 16.5. The van der Waals surface area contributed by atoms with Crippen molar-refractivity contribution in [1.82, 2.24) is 9.55 Å². The Morgan fingerprint density at radius 1 is 1.03 bits per heavy atom. The van der Waals surface area contributed by atoms with Crippen LogP contribution in [0.15, 0.2) is 78.0 Å². The van der Waals surface area contributed by atoms with E-state index in [9.17, 15) is 14.4 Å². The van der Waals surface area contributed by atoms with Crippen molar-refractivity contribution in [2.45, 2.75) is 20.4 Å². The van der Waals surface area contributed by atoms with Crippen molar-refractivity contribution < 1.29 is 14.3 Å². The summed E-state index contributed by atoms with van der Waals surface area (Å²) in [6.07, 6.45) is 4.46. The lowest BCUT2D eigenvalue weighted by Crippen LogP contribution is -2.24. The van der Waals surface area contributed by atoms with Gasteiger partial charge in [0.25, 0.3) is 0 Å². The van der Waals surface area contributed by atoms with Gasteiger partial charge in [0, 0.05) is 35.2 Å². The summed E-state index contributed by atoms with van der Waals surface area (Å²) in [7, 11) is 0. The standard InChI is InChI=1S/C26H23N3O4/c1-3-33-20-7-5-19(6-8-20)28-24(30)16-29-15-22(25(31)18-10-12-27-13-11-18)26(32)21-14-17(2)4-9-23(21)29/h4-15H,3,16H2,1-2H3,(H,28,30). The maximum absolute atomic E-state index is 13.1. The first kappa shape index (κ1) is 22.0. The number of hydrogen-bond donors (Lipinski definition) is 1. The van der Waals surface area contributed by atoms with Gasteiger partial charge >= 0.3 is 0 Å². The Morgan fingerprint density at radius 3 is 2.45 bits per heavy atom. The molecule has 0 atom stereocenters. The van der Waals surface area contributed by atoms with Crippen molar-refractivity contribution in [2.24, 2.45) is 0 Å². The molecule has 7 heteroatoms. The van der Waals surface area contributed by atoms with Crippen LogP contribution in [0.5, 0.6) is 5.75 Å². The number of rotatable bonds is 7. The Hall–Kier alpha value is -4.26. The number of carbonyl (C=O) groups excluding carboxylic acids is 2. The van der Waals surface area contributed by atoms with E-state index in [0.717, 1.165) is 11.3 Å². The van der Waals surface area contributed by atoms with E-state index in [-0.39, 0.29) is 23.4 Å². The number of nitrogens with one attached hydrogen (secondary N) is 1. The van der Waals surface area contributed by atoms with Crippen molar-refractivity contribution in [2.75, 3.05) is 11.9 Å². The molecular formula is C26H23N3O4. The highest BCUT2D eigenvalue weighted by Crippen LogP contribution is 2.18. The number of pyridine rings is 2. The lowest BCUT2D eigenvalue weighted by molar-refractivity contribution is -0.116. The number of anilines is 1. The Morgan fingerprint density at radius 2 is 1.76 bits per heavy atom. The Labute approximate surface area is 190 Å². The third-order valence-electron chi connectivity index (χ3n) is 5.19. The van der Waals surface area contributed by atoms with Crippen molar-refractivity contribution in [3.8, 4) is 5.75 Å². The second-order valence-electron chi connectivity index (χ2n) is 7.59. The van der Waals surface area contributed by atoms with E-state index in [0.29, 0.717) is 28.8 Å². The van der Waals surface area contributed by atoms with Gasteiger partial charge in [-0.15, -0.1) is 0 Å². The van der Waals surface area contributed by atoms with Gasteiger partial charge in [-0.1, -0.05) is 11.6 Å². The molecule has 1 amide bonds. The monoisotopic (exact) mass is 441 g/mol. The molecule has 0 unspecified atom stereocenters. The quantitative estimate of drug-likeness (QED) is 0.438. The van der Waals surface area contributed by atoms with Crippen LogP contribution in [-0.4, -0.2) is 27.8 Å². The molecule has 2 aromatic heterocycles. The molecule has 0 aliphatic rings. The highest BCUT2D eigenvalue weighted by Gasteiger charge is 2.18. The maximum atomic E-state index is 13.1. The summed E-state index contributed by atoms with van der Waals surface area (Å²) >= 11 is 0. The first-order chi connectivity index (χ1) is 16.0. The molecule has 0 radical (unpaired) electrons. The number of hydrogen-bond acceptors (Lipinski definition) is 5. The van der Waals surface area contributed by atoms with Crippen LogP contribution < -0.4 is 15.5 Å². The molecule has 4 aromatic rings. The van der Waals surface area contributed by atoms with Crippen LogP contribution in [0, 0.1) is 6.92 Å². The van der Waals surface area contributed by atoms with Gasteiger partial charge in [-0.2, -0.15) is 0 Å². The van der Waals surface area contributed by atoms with Crippen LogP contribution >= 0.6 is 0 Å². The van der Waals surface area contributed by atoms with E-state index in [1.165, 1.54) is 18.6 Å². The van der Waals surface area contributed by atoms with E-state index in [2.05, 4.69) is 10.3 Å². The third kappa shape index (κ3) is 4.82. The van der Waals surface area contributed by atoms with Crippen LogP contribution in [0.4, 0.5) is 5.69 Å². The smallest absolute Gasteiger partial charge is 0.244 e. The first-order valence-corrected chi connectivity index (χ1v) is 10.6. The lowest BCUT2D eigenvalue weighted by atomic mass is 10.0. The molecule has 2 aromatic carbocycles. The van der Waals surface area contributed by atoms with Gasteiger partial charge in [0.2, 0.25) is 11.3 Å². The molecule has 4 rings (SSSR count). The van der Waals surface area contributed by atoms with Gasteiger partial charge in [0.05, 0.1) is 17.7 Å². The summed E-state index contributed by atoms with van der Waals surface area (Å²) in [6.45, 7) is 4.27. The molecule has 1 N–H and O–H groups in total. The van der Waals surface area contributed by atoms with E-state index in [1.807, 2.05) is 19.9 Å². The van der Waals surface area contributed by atoms with Crippen molar-refractivity contribution >= 4 is 28.3 Å². The molecule has 0 aliphatic heterocycles. The number of aryl methyl sites for hydroxylation is 1. The van der Waals surface area contributed by atoms with E-state index in [1.54, 1.807) is 53.1 Å². The van der Waals surface area contributed by atoms with Gasteiger partial charge in [0.1, 0.15) is 12.3 Å². The molecule has 0 saturated heterocycles. The fourth-order valence-corrected chi connectivity index (χ4v) is 3.62.